The molecule has 1 aliphatic rings. The second-order valence-electron chi connectivity index (χ2n) is 8.57. The van der Waals surface area contributed by atoms with Gasteiger partial charge in [0.05, 0.1) is 4.90 Å². The zero-order valence-corrected chi connectivity index (χ0v) is 18.7. The van der Waals surface area contributed by atoms with E-state index in [1.807, 2.05) is 39.0 Å². The first-order valence-corrected chi connectivity index (χ1v) is 11.1. The molecule has 0 atom stereocenters. The Balaban J connectivity index is 1.79. The average molecular weight is 430 g/mol. The predicted molar refractivity (Wildman–Crippen MR) is 117 cm³/mol. The summed E-state index contributed by atoms with van der Waals surface area (Å²) in [5, 5.41) is 2.83. The predicted octanol–water partition coefficient (Wildman–Crippen LogP) is 3.12. The van der Waals surface area contributed by atoms with Crippen molar-refractivity contribution in [3.8, 4) is 0 Å². The molecule has 1 N–H and O–H groups in total. The second-order valence-corrected chi connectivity index (χ2v) is 10.7. The molecule has 0 radical (unpaired) electrons. The summed E-state index contributed by atoms with van der Waals surface area (Å²) in [6, 6.07) is 11.3. The minimum absolute atomic E-state index is 0.0439. The van der Waals surface area contributed by atoms with E-state index in [-0.39, 0.29) is 16.7 Å². The summed E-state index contributed by atoms with van der Waals surface area (Å²) in [6.45, 7) is 6.29. The molecule has 3 rings (SSSR count). The first-order valence-electron chi connectivity index (χ1n) is 9.70. The number of amides is 2. The maximum atomic E-state index is 12.7. The van der Waals surface area contributed by atoms with E-state index in [4.69, 9.17) is 0 Å². The maximum absolute atomic E-state index is 12.7. The van der Waals surface area contributed by atoms with Gasteiger partial charge in [0.25, 0.3) is 5.91 Å². The molecule has 30 heavy (non-hydrogen) atoms. The van der Waals surface area contributed by atoms with Crippen LogP contribution < -0.4 is 10.2 Å². The van der Waals surface area contributed by atoms with Crippen LogP contribution in [0.4, 0.5) is 11.4 Å². The van der Waals surface area contributed by atoms with E-state index in [0.717, 1.165) is 22.0 Å². The van der Waals surface area contributed by atoms with Crippen LogP contribution in [0, 0.1) is 5.41 Å². The molecule has 2 amide bonds. The number of sulfonamides is 1. The molecule has 1 aliphatic heterocycles. The van der Waals surface area contributed by atoms with Crippen molar-refractivity contribution in [3.05, 3.63) is 53.6 Å². The minimum Gasteiger partial charge on any atom is -0.322 e. The van der Waals surface area contributed by atoms with Gasteiger partial charge in [-0.25, -0.2) is 12.7 Å². The Bertz CT molecular complexity index is 1080. The van der Waals surface area contributed by atoms with Crippen LogP contribution in [0.2, 0.25) is 0 Å². The van der Waals surface area contributed by atoms with Gasteiger partial charge in [0.2, 0.25) is 15.9 Å². The Hall–Kier alpha value is -2.71. The van der Waals surface area contributed by atoms with Gasteiger partial charge in [-0.2, -0.15) is 0 Å². The van der Waals surface area contributed by atoms with Crippen molar-refractivity contribution in [2.24, 2.45) is 5.41 Å². The number of anilines is 2. The van der Waals surface area contributed by atoms with Crippen molar-refractivity contribution in [3.63, 3.8) is 0 Å². The molecule has 8 heteroatoms. The van der Waals surface area contributed by atoms with E-state index in [0.29, 0.717) is 17.8 Å². The number of rotatable bonds is 4. The summed E-state index contributed by atoms with van der Waals surface area (Å²) >= 11 is 0. The second kappa shape index (κ2) is 7.85. The number of carbonyl (C=O) groups excluding carboxylic acids is 2. The molecular formula is C22H27N3O4S. The van der Waals surface area contributed by atoms with E-state index in [9.17, 15) is 18.0 Å². The van der Waals surface area contributed by atoms with E-state index < -0.39 is 15.4 Å². The molecule has 2 aromatic rings. The van der Waals surface area contributed by atoms with Crippen LogP contribution in [0.15, 0.2) is 47.4 Å². The molecule has 0 fully saturated rings. The van der Waals surface area contributed by atoms with Gasteiger partial charge in [-0.3, -0.25) is 9.59 Å². The van der Waals surface area contributed by atoms with Gasteiger partial charge in [-0.15, -0.1) is 0 Å². The van der Waals surface area contributed by atoms with E-state index in [2.05, 4.69) is 5.32 Å². The highest BCUT2D eigenvalue weighted by Gasteiger charge is 2.32. The number of carbonyl (C=O) groups is 2. The lowest BCUT2D eigenvalue weighted by molar-refractivity contribution is -0.125. The van der Waals surface area contributed by atoms with Gasteiger partial charge in [-0.05, 0) is 48.4 Å². The van der Waals surface area contributed by atoms with Crippen molar-refractivity contribution in [2.45, 2.75) is 32.1 Å². The third kappa shape index (κ3) is 4.24. The molecule has 0 spiro atoms. The van der Waals surface area contributed by atoms with Crippen LogP contribution >= 0.6 is 0 Å². The number of fused-ring (bicyclic) bond motifs is 1. The standard InChI is InChI=1S/C22H27N3O4S/c1-22(2,3)21(27)25-13-12-15-6-9-17(14-19(15)25)23-20(26)16-7-10-18(11-8-16)30(28,29)24(4)5/h6-11,14H,12-13H2,1-5H3,(H,23,26). The number of benzene rings is 2. The SMILES string of the molecule is CN(C)S(=O)(=O)c1ccc(C(=O)Nc2ccc3c(c2)N(C(=O)C(C)(C)C)CC3)cc1. The van der Waals surface area contributed by atoms with Gasteiger partial charge >= 0.3 is 0 Å². The molecule has 0 bridgehead atoms. The highest BCUT2D eigenvalue weighted by atomic mass is 32.2. The topological polar surface area (TPSA) is 86.8 Å². The summed E-state index contributed by atoms with van der Waals surface area (Å²) in [7, 11) is -0.636. The zero-order valence-electron chi connectivity index (χ0n) is 17.9. The summed E-state index contributed by atoms with van der Waals surface area (Å²) in [4.78, 5) is 27.3. The Morgan fingerprint density at radius 1 is 1.03 bits per heavy atom. The van der Waals surface area contributed by atoms with E-state index >= 15 is 0 Å². The monoisotopic (exact) mass is 429 g/mol. The fraction of sp³-hybridized carbons (Fsp3) is 0.364. The van der Waals surface area contributed by atoms with Crippen molar-refractivity contribution in [1.82, 2.24) is 4.31 Å². The highest BCUT2D eigenvalue weighted by molar-refractivity contribution is 7.89. The van der Waals surface area contributed by atoms with Crippen molar-refractivity contribution in [1.29, 1.82) is 0 Å². The molecule has 0 saturated carbocycles. The molecule has 0 aromatic heterocycles. The Kier molecular flexibility index (Phi) is 5.75. The van der Waals surface area contributed by atoms with Crippen molar-refractivity contribution < 1.29 is 18.0 Å². The lowest BCUT2D eigenvalue weighted by Crippen LogP contribution is -2.38. The van der Waals surface area contributed by atoms with Crippen LogP contribution in [0.25, 0.3) is 0 Å². The van der Waals surface area contributed by atoms with Crippen LogP contribution in [-0.4, -0.2) is 45.2 Å². The quantitative estimate of drug-likeness (QED) is 0.809. The molecule has 160 valence electrons. The summed E-state index contributed by atoms with van der Waals surface area (Å²) in [6.07, 6.45) is 0.785. The van der Waals surface area contributed by atoms with Gasteiger partial charge in [0.1, 0.15) is 0 Å². The fourth-order valence-corrected chi connectivity index (χ4v) is 4.17. The first kappa shape index (κ1) is 22.0. The number of nitrogens with one attached hydrogen (secondary N) is 1. The minimum atomic E-state index is -3.55. The smallest absolute Gasteiger partial charge is 0.255 e. The van der Waals surface area contributed by atoms with E-state index in [1.54, 1.807) is 4.90 Å². The van der Waals surface area contributed by atoms with Crippen LogP contribution in [0.5, 0.6) is 0 Å². The van der Waals surface area contributed by atoms with Gasteiger partial charge in [0.15, 0.2) is 0 Å². The number of hydrogen-bond donors (Lipinski definition) is 1. The normalized spacial score (nSPS) is 14.0. The molecular weight excluding hydrogens is 402 g/mol. The highest BCUT2D eigenvalue weighted by Crippen LogP contribution is 2.34. The molecule has 0 saturated heterocycles. The maximum Gasteiger partial charge on any atom is 0.255 e. The Morgan fingerprint density at radius 3 is 2.23 bits per heavy atom. The summed E-state index contributed by atoms with van der Waals surface area (Å²) in [5.74, 6) is -0.308. The van der Waals surface area contributed by atoms with E-state index in [1.165, 1.54) is 38.4 Å². The van der Waals surface area contributed by atoms with Gasteiger partial charge in [-0.1, -0.05) is 26.8 Å². The van der Waals surface area contributed by atoms with Gasteiger partial charge in [0, 0.05) is 43.0 Å². The Labute approximate surface area is 177 Å². The lowest BCUT2D eigenvalue weighted by Gasteiger charge is -2.26. The Morgan fingerprint density at radius 2 is 1.67 bits per heavy atom. The molecule has 0 unspecified atom stereocenters. The zero-order chi connectivity index (χ0) is 22.3. The number of hydrogen-bond acceptors (Lipinski definition) is 4. The fourth-order valence-electron chi connectivity index (χ4n) is 3.27. The summed E-state index contributed by atoms with van der Waals surface area (Å²) in [5.41, 5.74) is 2.33. The van der Waals surface area contributed by atoms with Crippen LogP contribution in [0.3, 0.4) is 0 Å². The third-order valence-electron chi connectivity index (χ3n) is 5.02. The molecule has 1 heterocycles. The molecule has 7 nitrogen and oxygen atoms in total. The molecule has 0 aliphatic carbocycles. The van der Waals surface area contributed by atoms with Crippen LogP contribution in [0.1, 0.15) is 36.7 Å². The first-order chi connectivity index (χ1) is 13.9. The largest absolute Gasteiger partial charge is 0.322 e. The van der Waals surface area contributed by atoms with Gasteiger partial charge < -0.3 is 10.2 Å². The number of nitrogens with zero attached hydrogens (tertiary/aromatic N) is 2. The van der Waals surface area contributed by atoms with Crippen molar-refractivity contribution >= 4 is 33.2 Å². The third-order valence-corrected chi connectivity index (χ3v) is 6.85. The average Bonchev–Trinajstić information content (AvgIpc) is 3.09. The van der Waals surface area contributed by atoms with Crippen LogP contribution in [-0.2, 0) is 21.2 Å². The van der Waals surface area contributed by atoms with Crippen molar-refractivity contribution in [2.75, 3.05) is 30.9 Å². The molecule has 2 aromatic carbocycles. The summed E-state index contributed by atoms with van der Waals surface area (Å²) < 4.78 is 25.4. The lowest BCUT2D eigenvalue weighted by atomic mass is 9.94.